The molecule has 0 saturated heterocycles. The fourth-order valence-electron chi connectivity index (χ4n) is 1.36. The monoisotopic (exact) mass is 291 g/mol. The number of aliphatic carboxylic acids is 1. The summed E-state index contributed by atoms with van der Waals surface area (Å²) in [4.78, 5) is 26.1. The smallest absolute Gasteiger partial charge is 0.406 e. The standard InChI is InChI=1S/C11H12F3N3O3/c12-11(13,14)7-17(6-9(18)19)10(20)16-5-8-3-1-2-4-15-8/h1-4H,5-7H2,(H,16,20)(H,18,19). The fraction of sp³-hybridized carbons (Fsp3) is 0.364. The molecule has 0 aliphatic rings. The van der Waals surface area contributed by atoms with Crippen LogP contribution in [0.4, 0.5) is 18.0 Å². The van der Waals surface area contributed by atoms with Crippen LogP contribution in [0.2, 0.25) is 0 Å². The van der Waals surface area contributed by atoms with Crippen molar-refractivity contribution in [1.82, 2.24) is 15.2 Å². The molecular weight excluding hydrogens is 279 g/mol. The minimum absolute atomic E-state index is 0.0896. The summed E-state index contributed by atoms with van der Waals surface area (Å²) in [6, 6.07) is 3.76. The highest BCUT2D eigenvalue weighted by Crippen LogP contribution is 2.16. The number of halogens is 3. The number of aromatic nitrogens is 1. The first-order valence-electron chi connectivity index (χ1n) is 5.49. The predicted molar refractivity (Wildman–Crippen MR) is 61.7 cm³/mol. The first kappa shape index (κ1) is 15.7. The molecule has 6 nitrogen and oxygen atoms in total. The molecule has 1 aromatic rings. The van der Waals surface area contributed by atoms with Crippen molar-refractivity contribution in [3.05, 3.63) is 30.1 Å². The number of amides is 2. The van der Waals surface area contributed by atoms with Crippen LogP contribution in [-0.4, -0.2) is 46.3 Å². The van der Waals surface area contributed by atoms with Crippen LogP contribution in [0.3, 0.4) is 0 Å². The Morgan fingerprint density at radius 2 is 2.05 bits per heavy atom. The van der Waals surface area contributed by atoms with Crippen molar-refractivity contribution in [3.63, 3.8) is 0 Å². The number of carbonyl (C=O) groups is 2. The van der Waals surface area contributed by atoms with E-state index in [1.165, 1.54) is 6.20 Å². The van der Waals surface area contributed by atoms with Crippen LogP contribution >= 0.6 is 0 Å². The van der Waals surface area contributed by atoms with E-state index in [0.717, 1.165) is 0 Å². The number of hydrogen-bond donors (Lipinski definition) is 2. The van der Waals surface area contributed by atoms with Gasteiger partial charge in [0.15, 0.2) is 0 Å². The van der Waals surface area contributed by atoms with Crippen molar-refractivity contribution >= 4 is 12.0 Å². The molecule has 0 spiro atoms. The van der Waals surface area contributed by atoms with Crippen molar-refractivity contribution in [2.24, 2.45) is 0 Å². The number of carbonyl (C=O) groups excluding carboxylic acids is 1. The molecule has 2 N–H and O–H groups in total. The Kier molecular flexibility index (Phi) is 5.30. The molecule has 9 heteroatoms. The predicted octanol–water partition coefficient (Wildman–Crippen LogP) is 1.24. The maximum absolute atomic E-state index is 12.3. The van der Waals surface area contributed by atoms with Crippen molar-refractivity contribution in [2.45, 2.75) is 12.7 Å². The molecule has 0 radical (unpaired) electrons. The number of urea groups is 1. The molecule has 0 unspecified atom stereocenters. The van der Waals surface area contributed by atoms with Gasteiger partial charge in [-0.05, 0) is 12.1 Å². The molecule has 0 aliphatic heterocycles. The number of nitrogens with zero attached hydrogens (tertiary/aromatic N) is 2. The quantitative estimate of drug-likeness (QED) is 0.855. The third-order valence-corrected chi connectivity index (χ3v) is 2.13. The first-order chi connectivity index (χ1) is 9.28. The van der Waals surface area contributed by atoms with E-state index in [9.17, 15) is 22.8 Å². The fourth-order valence-corrected chi connectivity index (χ4v) is 1.36. The van der Waals surface area contributed by atoms with Crippen LogP contribution in [0.25, 0.3) is 0 Å². The van der Waals surface area contributed by atoms with E-state index in [4.69, 9.17) is 5.11 Å². The van der Waals surface area contributed by atoms with Gasteiger partial charge < -0.3 is 15.3 Å². The second-order valence-electron chi connectivity index (χ2n) is 3.84. The third-order valence-electron chi connectivity index (χ3n) is 2.13. The highest BCUT2D eigenvalue weighted by molar-refractivity contribution is 5.80. The van der Waals surface area contributed by atoms with Gasteiger partial charge in [-0.2, -0.15) is 13.2 Å². The van der Waals surface area contributed by atoms with E-state index in [-0.39, 0.29) is 11.4 Å². The lowest BCUT2D eigenvalue weighted by atomic mass is 10.3. The van der Waals surface area contributed by atoms with Gasteiger partial charge in [-0.15, -0.1) is 0 Å². The summed E-state index contributed by atoms with van der Waals surface area (Å²) in [7, 11) is 0. The SMILES string of the molecule is O=C(O)CN(CC(F)(F)F)C(=O)NCc1ccccn1. The summed E-state index contributed by atoms with van der Waals surface area (Å²) in [6.07, 6.45) is -3.20. The molecule has 0 aliphatic carbocycles. The topological polar surface area (TPSA) is 82.5 Å². The van der Waals surface area contributed by atoms with Gasteiger partial charge in [0, 0.05) is 6.20 Å². The van der Waals surface area contributed by atoms with Crippen LogP contribution in [-0.2, 0) is 11.3 Å². The Labute approximate surface area is 112 Å². The van der Waals surface area contributed by atoms with Gasteiger partial charge in [-0.3, -0.25) is 9.78 Å². The molecule has 1 heterocycles. The Bertz CT molecular complexity index is 465. The van der Waals surface area contributed by atoms with Crippen LogP contribution in [0, 0.1) is 0 Å². The Hall–Kier alpha value is -2.32. The van der Waals surface area contributed by atoms with Crippen molar-refractivity contribution < 1.29 is 27.9 Å². The van der Waals surface area contributed by atoms with Gasteiger partial charge in [0.1, 0.15) is 13.1 Å². The van der Waals surface area contributed by atoms with E-state index < -0.39 is 31.3 Å². The van der Waals surface area contributed by atoms with Crippen LogP contribution in [0.5, 0.6) is 0 Å². The highest BCUT2D eigenvalue weighted by atomic mass is 19.4. The number of carboxylic acids is 1. The lowest BCUT2D eigenvalue weighted by Gasteiger charge is -2.22. The molecular formula is C11H12F3N3O3. The number of pyridine rings is 1. The summed E-state index contributed by atoms with van der Waals surface area (Å²) >= 11 is 0. The second-order valence-corrected chi connectivity index (χ2v) is 3.84. The lowest BCUT2D eigenvalue weighted by molar-refractivity contribution is -0.148. The van der Waals surface area contributed by atoms with E-state index in [2.05, 4.69) is 10.3 Å². The number of rotatable bonds is 5. The summed E-state index contributed by atoms with van der Waals surface area (Å²) in [5.74, 6) is -1.53. The zero-order valence-corrected chi connectivity index (χ0v) is 10.2. The van der Waals surface area contributed by atoms with E-state index >= 15 is 0 Å². The van der Waals surface area contributed by atoms with Gasteiger partial charge in [-0.1, -0.05) is 6.07 Å². The second kappa shape index (κ2) is 6.73. The zero-order valence-electron chi connectivity index (χ0n) is 10.2. The lowest BCUT2D eigenvalue weighted by Crippen LogP contribution is -2.46. The third kappa shape index (κ3) is 6.03. The molecule has 0 atom stereocenters. The summed E-state index contributed by atoms with van der Waals surface area (Å²) in [5, 5.41) is 10.7. The summed E-state index contributed by atoms with van der Waals surface area (Å²) < 4.78 is 36.8. The Morgan fingerprint density at radius 3 is 2.55 bits per heavy atom. The summed E-state index contributed by atoms with van der Waals surface area (Å²) in [5.41, 5.74) is 0.447. The molecule has 1 rings (SSSR count). The largest absolute Gasteiger partial charge is 0.480 e. The molecule has 0 aromatic carbocycles. The minimum atomic E-state index is -4.67. The molecule has 0 saturated carbocycles. The first-order valence-corrected chi connectivity index (χ1v) is 5.49. The number of carboxylic acid groups (broad SMARTS) is 1. The van der Waals surface area contributed by atoms with E-state index in [0.29, 0.717) is 5.69 Å². The molecule has 0 fully saturated rings. The van der Waals surface area contributed by atoms with Gasteiger partial charge in [-0.25, -0.2) is 4.79 Å². The van der Waals surface area contributed by atoms with Gasteiger partial charge in [0.2, 0.25) is 0 Å². The highest BCUT2D eigenvalue weighted by Gasteiger charge is 2.33. The zero-order chi connectivity index (χ0) is 15.2. The average Bonchev–Trinajstić information content (AvgIpc) is 2.34. The normalized spacial score (nSPS) is 10.9. The average molecular weight is 291 g/mol. The van der Waals surface area contributed by atoms with Gasteiger partial charge in [0.25, 0.3) is 0 Å². The minimum Gasteiger partial charge on any atom is -0.480 e. The van der Waals surface area contributed by atoms with Gasteiger partial charge in [0.05, 0.1) is 12.2 Å². The number of nitrogens with one attached hydrogen (secondary N) is 1. The summed E-state index contributed by atoms with van der Waals surface area (Å²) in [6.45, 7) is -2.76. The number of alkyl halides is 3. The van der Waals surface area contributed by atoms with Crippen molar-refractivity contribution in [1.29, 1.82) is 0 Å². The molecule has 2 amide bonds. The van der Waals surface area contributed by atoms with Crippen molar-refractivity contribution in [2.75, 3.05) is 13.1 Å². The van der Waals surface area contributed by atoms with Crippen LogP contribution < -0.4 is 5.32 Å². The Balaban J connectivity index is 2.61. The van der Waals surface area contributed by atoms with Crippen LogP contribution in [0.1, 0.15) is 5.69 Å². The van der Waals surface area contributed by atoms with E-state index in [1.807, 2.05) is 0 Å². The Morgan fingerprint density at radius 1 is 1.35 bits per heavy atom. The molecule has 110 valence electrons. The number of hydrogen-bond acceptors (Lipinski definition) is 3. The van der Waals surface area contributed by atoms with E-state index in [1.54, 1.807) is 18.2 Å². The van der Waals surface area contributed by atoms with Gasteiger partial charge >= 0.3 is 18.2 Å². The maximum atomic E-state index is 12.3. The van der Waals surface area contributed by atoms with Crippen molar-refractivity contribution in [3.8, 4) is 0 Å². The van der Waals surface area contributed by atoms with Crippen LogP contribution in [0.15, 0.2) is 24.4 Å². The molecule has 1 aromatic heterocycles. The maximum Gasteiger partial charge on any atom is 0.406 e. The molecule has 20 heavy (non-hydrogen) atoms. The molecule has 0 bridgehead atoms.